The summed E-state index contributed by atoms with van der Waals surface area (Å²) in [6.45, 7) is 16.1. The third-order valence-electron chi connectivity index (χ3n) is 29.5. The van der Waals surface area contributed by atoms with Crippen LogP contribution in [0.4, 0.5) is 65.9 Å². The molecule has 0 aromatic heterocycles. The molecule has 3 aliphatic carbocycles. The van der Waals surface area contributed by atoms with Gasteiger partial charge in [0.15, 0.2) is 52.4 Å². The zero-order valence-electron chi connectivity index (χ0n) is 84.0. The highest BCUT2D eigenvalue weighted by atomic mass is 19.3. The number of aryl methyl sites for hydroxylation is 4. The van der Waals surface area contributed by atoms with Crippen LogP contribution < -0.4 is 4.74 Å². The highest BCUT2D eigenvalue weighted by molar-refractivity contribution is 5.76. The molecule has 0 amide bonds. The Labute approximate surface area is 846 Å². The van der Waals surface area contributed by atoms with Crippen molar-refractivity contribution >= 4 is 0 Å². The van der Waals surface area contributed by atoms with Crippen molar-refractivity contribution in [3.8, 4) is 94.8 Å². The molecule has 1 heterocycles. The molecule has 760 valence electrons. The van der Waals surface area contributed by atoms with Crippen molar-refractivity contribution in [3.63, 3.8) is 0 Å². The highest BCUT2D eigenvalue weighted by Gasteiger charge is 2.42. The molecule has 14 aromatic rings. The van der Waals surface area contributed by atoms with Crippen LogP contribution in [0, 0.1) is 105 Å². The summed E-state index contributed by atoms with van der Waals surface area (Å²) in [5.74, 6) is -12.9. The van der Waals surface area contributed by atoms with Crippen LogP contribution in [0.2, 0.25) is 0 Å². The molecule has 18 rings (SSSR count). The number of halogens is 15. The van der Waals surface area contributed by atoms with Crippen LogP contribution in [-0.4, -0.2) is 6.61 Å². The minimum atomic E-state index is -4.64. The minimum absolute atomic E-state index is 0.00236. The van der Waals surface area contributed by atoms with Crippen LogP contribution in [0.3, 0.4) is 0 Å². The van der Waals surface area contributed by atoms with E-state index in [1.165, 1.54) is 154 Å². The van der Waals surface area contributed by atoms with Crippen molar-refractivity contribution in [3.05, 3.63) is 399 Å². The van der Waals surface area contributed by atoms with Crippen LogP contribution >= 0.6 is 0 Å². The van der Waals surface area contributed by atoms with Crippen molar-refractivity contribution in [2.45, 2.75) is 246 Å². The number of ether oxygens (including phenoxy) is 2. The first-order chi connectivity index (χ1) is 70.1. The molecule has 2 unspecified atom stereocenters. The summed E-state index contributed by atoms with van der Waals surface area (Å²) < 4.78 is 218. The van der Waals surface area contributed by atoms with Crippen LogP contribution in [-0.2, 0) is 36.5 Å². The quantitative estimate of drug-likeness (QED) is 0.0359. The fourth-order valence-electron chi connectivity index (χ4n) is 21.3. The standard InChI is InChI=1S/C27H23F7O2.C27H20F4.C27H33F3.C24H25F.C23H30/c1-2-3-15-4-9-24(35-14-15)17-7-5-16(6-8-17)18-10-20(28)25(21(29)11-18)27(33,34)36-19-12-22(30)26(32)23(31)13-19;1-2-3-17-4-6-18(7-5-17)19-8-10-20(11-9-19)21-12-13-23(24(28)14-21)22-15-25(29)27(31)26(30)16-22;1-2-3-18-4-6-19(7-5-18)20-8-10-21(11-9-20)22-12-14-23(15-13-22)24-16-25(28)27(30)26(29)17-24;1-3-5-18-7-11-20(12-8-18)22-15-16-23(24(25)17-22)21-13-9-19(6-4-2)10-14-21;1-3-5-19-8-12-21(13-9-19)23-16-14-22(15-17-23)20-10-6-18(4-2)7-11-20/h5-8,10-13,15,24H,2-4,9,14H2,1H3;4-16H,2-3H2,1H3;12-21H,2-11H2,1H3;7-17H,3-6H2,1-2H3;6-7,10-11,14-17,19,21H,3-5,8-9,12-13H2,1-2H3. The van der Waals surface area contributed by atoms with E-state index in [1.54, 1.807) is 42.0 Å². The Bertz CT molecular complexity index is 6380. The Balaban J connectivity index is 0.000000145. The zero-order chi connectivity index (χ0) is 103. The van der Waals surface area contributed by atoms with E-state index in [9.17, 15) is 65.9 Å². The van der Waals surface area contributed by atoms with Crippen molar-refractivity contribution < 1.29 is 75.3 Å². The molecule has 2 atom stereocenters. The monoisotopic (exact) mass is 1980 g/mol. The van der Waals surface area contributed by atoms with E-state index in [0.29, 0.717) is 58.4 Å². The SMILES string of the molecule is CCCC1CCC(C2CCC(c3ccc(-c4cc(F)c(F)c(F)c4)cc3)CC2)CC1.CCCC1CCC(c2ccc(-c3cc(F)c(C(F)(F)Oc4cc(F)c(F)c(F)c4)c(F)c3)cc2)OC1.CCCC1CCC(c2ccc(-c3ccc(CC)cc3)cc2)CC1.CCCc1ccc(-c2ccc(-c3ccc(-c4cc(F)c(F)c(F)c4)c(F)c3)cc2)cc1.CCCc1ccc(-c2ccc(-c3ccc(CCC)cc3)c(F)c2)cc1. The maximum atomic E-state index is 14.7. The second-order valence-electron chi connectivity index (χ2n) is 39.6. The largest absolute Gasteiger partial charge is 0.432 e. The van der Waals surface area contributed by atoms with E-state index in [1.807, 2.05) is 60.7 Å². The third-order valence-corrected chi connectivity index (χ3v) is 29.5. The molecule has 2 nitrogen and oxygen atoms in total. The first kappa shape index (κ1) is 109. The van der Waals surface area contributed by atoms with Crippen LogP contribution in [0.15, 0.2) is 279 Å². The zero-order valence-corrected chi connectivity index (χ0v) is 84.0. The molecular weight excluding hydrogens is 1850 g/mol. The smallest absolute Gasteiger partial charge is 0.429 e. The van der Waals surface area contributed by atoms with Crippen LogP contribution in [0.5, 0.6) is 5.75 Å². The molecule has 145 heavy (non-hydrogen) atoms. The molecule has 1 aliphatic heterocycles. The second kappa shape index (κ2) is 52.2. The number of rotatable bonds is 28. The van der Waals surface area contributed by atoms with E-state index in [-0.39, 0.29) is 40.7 Å². The maximum absolute atomic E-state index is 14.7. The molecule has 4 aliphatic rings. The van der Waals surface area contributed by atoms with E-state index in [4.69, 9.17) is 4.74 Å². The Morgan fingerprint density at radius 3 is 0.883 bits per heavy atom. The van der Waals surface area contributed by atoms with Gasteiger partial charge in [-0.2, -0.15) is 8.78 Å². The Hall–Kier alpha value is -12.2. The molecule has 0 radical (unpaired) electrons. The lowest BCUT2D eigenvalue weighted by Gasteiger charge is -2.38. The van der Waals surface area contributed by atoms with Crippen LogP contribution in [0.1, 0.15) is 259 Å². The van der Waals surface area contributed by atoms with Gasteiger partial charge in [0, 0.05) is 23.3 Å². The van der Waals surface area contributed by atoms with Crippen molar-refractivity contribution in [2.24, 2.45) is 29.6 Å². The van der Waals surface area contributed by atoms with Crippen molar-refractivity contribution in [1.82, 2.24) is 0 Å². The first-order valence-electron chi connectivity index (χ1n) is 52.1. The van der Waals surface area contributed by atoms with Gasteiger partial charge in [0.25, 0.3) is 0 Å². The number of alkyl halides is 2. The molecule has 0 N–H and O–H groups in total. The van der Waals surface area contributed by atoms with Gasteiger partial charge in [-0.1, -0.05) is 331 Å². The number of hydrogen-bond acceptors (Lipinski definition) is 2. The molecule has 4 fully saturated rings. The second-order valence-corrected chi connectivity index (χ2v) is 39.6. The van der Waals surface area contributed by atoms with Gasteiger partial charge in [-0.05, 0) is 316 Å². The third kappa shape index (κ3) is 29.0. The van der Waals surface area contributed by atoms with Gasteiger partial charge < -0.3 is 9.47 Å². The first-order valence-corrected chi connectivity index (χ1v) is 52.1. The normalized spacial score (nSPS) is 17.8. The lowest BCUT2D eigenvalue weighted by atomic mass is 9.68. The Morgan fingerprint density at radius 2 is 0.524 bits per heavy atom. The summed E-state index contributed by atoms with van der Waals surface area (Å²) >= 11 is 0. The van der Waals surface area contributed by atoms with Crippen molar-refractivity contribution in [2.75, 3.05) is 6.61 Å². The van der Waals surface area contributed by atoms with Gasteiger partial charge >= 0.3 is 6.11 Å². The number of benzene rings is 14. The Kier molecular flexibility index (Phi) is 39.1. The summed E-state index contributed by atoms with van der Waals surface area (Å²) in [6, 6.07) is 81.3. The van der Waals surface area contributed by atoms with Gasteiger partial charge in [-0.25, -0.2) is 57.1 Å². The van der Waals surface area contributed by atoms with Gasteiger partial charge in [-0.15, -0.1) is 0 Å². The summed E-state index contributed by atoms with van der Waals surface area (Å²) in [4.78, 5) is 0. The van der Waals surface area contributed by atoms with Crippen LogP contribution in [0.25, 0.3) is 89.0 Å². The van der Waals surface area contributed by atoms with Crippen molar-refractivity contribution in [1.29, 1.82) is 0 Å². The molecule has 14 aromatic carbocycles. The predicted octanol–water partition coefficient (Wildman–Crippen LogP) is 39.3. The molecule has 3 saturated carbocycles. The van der Waals surface area contributed by atoms with E-state index < -0.39 is 87.2 Å². The molecule has 0 bridgehead atoms. The Morgan fingerprint density at radius 1 is 0.248 bits per heavy atom. The van der Waals surface area contributed by atoms with Gasteiger partial charge in [0.1, 0.15) is 34.6 Å². The fourth-order valence-corrected chi connectivity index (χ4v) is 21.3. The summed E-state index contributed by atoms with van der Waals surface area (Å²) in [5, 5.41) is 0. The lowest BCUT2D eigenvalue weighted by Crippen LogP contribution is -2.25. The average Bonchev–Trinajstić information content (AvgIpc) is 0.776. The average molecular weight is 1990 g/mol. The fraction of sp³-hybridized carbons (Fsp3) is 0.344. The topological polar surface area (TPSA) is 18.5 Å². The van der Waals surface area contributed by atoms with E-state index in [0.717, 1.165) is 163 Å². The van der Waals surface area contributed by atoms with Gasteiger partial charge in [0.2, 0.25) is 0 Å². The van der Waals surface area contributed by atoms with E-state index >= 15 is 0 Å². The number of hydrogen-bond donors (Lipinski definition) is 0. The van der Waals surface area contributed by atoms with Gasteiger partial charge in [-0.3, -0.25) is 0 Å². The maximum Gasteiger partial charge on any atom is 0.432 e. The highest BCUT2D eigenvalue weighted by Crippen LogP contribution is 2.47. The predicted molar refractivity (Wildman–Crippen MR) is 558 cm³/mol. The summed E-state index contributed by atoms with van der Waals surface area (Å²) in [6.07, 6.45) is 29.1. The lowest BCUT2D eigenvalue weighted by molar-refractivity contribution is -0.189. The molecule has 1 saturated heterocycles. The molecule has 0 spiro atoms. The molecule has 17 heteroatoms. The van der Waals surface area contributed by atoms with E-state index in [2.05, 4.69) is 175 Å². The molecular formula is C128H131F15O2. The summed E-state index contributed by atoms with van der Waals surface area (Å²) in [7, 11) is 0. The minimum Gasteiger partial charge on any atom is -0.429 e. The summed E-state index contributed by atoms with van der Waals surface area (Å²) in [5.41, 5.74) is 18.7. The van der Waals surface area contributed by atoms with Gasteiger partial charge in [0.05, 0.1) is 12.7 Å².